The Balaban J connectivity index is 2.16. The smallest absolute Gasteiger partial charge is 0.328 e. The number of carbonyl (C=O) groups is 3. The van der Waals surface area contributed by atoms with Crippen molar-refractivity contribution in [3.8, 4) is 0 Å². The average Bonchev–Trinajstić information content (AvgIpc) is 2.67. The quantitative estimate of drug-likeness (QED) is 0.734. The lowest BCUT2D eigenvalue weighted by Gasteiger charge is -2.17. The van der Waals surface area contributed by atoms with E-state index in [4.69, 9.17) is 4.74 Å². The van der Waals surface area contributed by atoms with Crippen molar-refractivity contribution < 1.29 is 19.1 Å². The van der Waals surface area contributed by atoms with Crippen molar-refractivity contribution >= 4 is 23.5 Å². The Morgan fingerprint density at radius 2 is 1.63 bits per heavy atom. The zero-order chi connectivity index (χ0) is 19.8. The molecule has 0 fully saturated rings. The number of nitrogens with one attached hydrogen (secondary N) is 2. The van der Waals surface area contributed by atoms with E-state index in [1.807, 2.05) is 19.1 Å². The number of esters is 1. The summed E-state index contributed by atoms with van der Waals surface area (Å²) >= 11 is 0. The van der Waals surface area contributed by atoms with Crippen molar-refractivity contribution in [3.05, 3.63) is 65.2 Å². The summed E-state index contributed by atoms with van der Waals surface area (Å²) in [5.41, 5.74) is 2.20. The van der Waals surface area contributed by atoms with Gasteiger partial charge in [-0.15, -0.1) is 0 Å². The predicted octanol–water partition coefficient (Wildman–Crippen LogP) is 3.32. The van der Waals surface area contributed by atoms with Gasteiger partial charge in [-0.3, -0.25) is 9.59 Å². The molecule has 142 valence electrons. The first-order valence-corrected chi connectivity index (χ1v) is 8.90. The Bertz CT molecular complexity index is 815. The molecule has 0 saturated heterocycles. The lowest BCUT2D eigenvalue weighted by Crippen LogP contribution is -2.41. The first kappa shape index (κ1) is 20.2. The van der Waals surface area contributed by atoms with E-state index < -0.39 is 17.9 Å². The predicted molar refractivity (Wildman–Crippen MR) is 104 cm³/mol. The van der Waals surface area contributed by atoms with Crippen molar-refractivity contribution in [2.45, 2.75) is 33.2 Å². The Kier molecular flexibility index (Phi) is 7.11. The highest BCUT2D eigenvalue weighted by atomic mass is 16.5. The van der Waals surface area contributed by atoms with Gasteiger partial charge in [0.25, 0.3) is 11.8 Å². The van der Waals surface area contributed by atoms with Crippen LogP contribution in [-0.2, 0) is 9.53 Å². The van der Waals surface area contributed by atoms with Gasteiger partial charge >= 0.3 is 5.97 Å². The third-order valence-corrected chi connectivity index (χ3v) is 4.02. The zero-order valence-corrected chi connectivity index (χ0v) is 15.7. The van der Waals surface area contributed by atoms with Gasteiger partial charge in [-0.2, -0.15) is 0 Å². The van der Waals surface area contributed by atoms with Crippen LogP contribution in [0, 0.1) is 6.92 Å². The molecular formula is C21H24N2O4. The van der Waals surface area contributed by atoms with Crippen LogP contribution < -0.4 is 10.6 Å². The van der Waals surface area contributed by atoms with Crippen LogP contribution in [0.5, 0.6) is 0 Å². The van der Waals surface area contributed by atoms with Crippen LogP contribution in [0.4, 0.5) is 5.69 Å². The van der Waals surface area contributed by atoms with Crippen molar-refractivity contribution in [1.29, 1.82) is 0 Å². The van der Waals surface area contributed by atoms with Gasteiger partial charge in [0.1, 0.15) is 6.04 Å². The first-order valence-electron chi connectivity index (χ1n) is 8.90. The third-order valence-electron chi connectivity index (χ3n) is 4.02. The molecule has 0 bridgehead atoms. The van der Waals surface area contributed by atoms with Crippen LogP contribution in [0.3, 0.4) is 0 Å². The molecule has 0 aliphatic heterocycles. The topological polar surface area (TPSA) is 84.5 Å². The molecule has 27 heavy (non-hydrogen) atoms. The van der Waals surface area contributed by atoms with Gasteiger partial charge < -0.3 is 15.4 Å². The maximum absolute atomic E-state index is 12.6. The summed E-state index contributed by atoms with van der Waals surface area (Å²) in [5, 5.41) is 5.42. The van der Waals surface area contributed by atoms with Crippen molar-refractivity contribution in [2.24, 2.45) is 0 Å². The molecule has 2 rings (SSSR count). The molecule has 1 atom stereocenters. The molecule has 0 radical (unpaired) electrons. The van der Waals surface area contributed by atoms with E-state index in [1.165, 1.54) is 0 Å². The minimum absolute atomic E-state index is 0.244. The van der Waals surface area contributed by atoms with Crippen molar-refractivity contribution in [2.75, 3.05) is 11.9 Å². The fourth-order valence-corrected chi connectivity index (χ4v) is 2.50. The number of ether oxygens (including phenoxy) is 1. The van der Waals surface area contributed by atoms with E-state index in [9.17, 15) is 14.4 Å². The van der Waals surface area contributed by atoms with E-state index in [1.54, 1.807) is 50.2 Å². The Hall–Kier alpha value is -3.15. The largest absolute Gasteiger partial charge is 0.464 e. The van der Waals surface area contributed by atoms with E-state index in [-0.39, 0.29) is 18.1 Å². The highest BCUT2D eigenvalue weighted by Crippen LogP contribution is 2.17. The molecule has 0 saturated carbocycles. The zero-order valence-electron chi connectivity index (χ0n) is 15.7. The minimum atomic E-state index is -0.738. The maximum atomic E-state index is 12.6. The standard InChI is InChI=1S/C21H24N2O4/c1-4-17(21(26)27-5-2)22-20(25)16-8-6-7-9-18(16)23-19(24)15-12-10-14(3)11-13-15/h6-13,17H,4-5H2,1-3H3,(H,22,25)(H,23,24)/t17-/m1/s1. The van der Waals surface area contributed by atoms with Gasteiger partial charge in [0, 0.05) is 5.56 Å². The number of hydrogen-bond donors (Lipinski definition) is 2. The van der Waals surface area contributed by atoms with Crippen LogP contribution in [0.2, 0.25) is 0 Å². The summed E-state index contributed by atoms with van der Waals surface area (Å²) in [6.07, 6.45) is 0.405. The van der Waals surface area contributed by atoms with Crippen LogP contribution in [0.15, 0.2) is 48.5 Å². The van der Waals surface area contributed by atoms with E-state index in [0.29, 0.717) is 17.7 Å². The Labute approximate surface area is 158 Å². The molecule has 0 aromatic heterocycles. The average molecular weight is 368 g/mol. The minimum Gasteiger partial charge on any atom is -0.464 e. The number of rotatable bonds is 7. The summed E-state index contributed by atoms with van der Waals surface area (Å²) in [6, 6.07) is 13.1. The van der Waals surface area contributed by atoms with Crippen LogP contribution in [-0.4, -0.2) is 30.4 Å². The van der Waals surface area contributed by atoms with Crippen molar-refractivity contribution in [3.63, 3.8) is 0 Å². The van der Waals surface area contributed by atoms with Gasteiger partial charge in [0.05, 0.1) is 17.9 Å². The summed E-state index contributed by atoms with van der Waals surface area (Å²) in [6.45, 7) is 5.68. The SMILES string of the molecule is CCOC(=O)[C@@H](CC)NC(=O)c1ccccc1NC(=O)c1ccc(C)cc1. The number of amides is 2. The molecule has 6 nitrogen and oxygen atoms in total. The lowest BCUT2D eigenvalue weighted by molar-refractivity contribution is -0.145. The number of para-hydroxylation sites is 1. The highest BCUT2D eigenvalue weighted by Gasteiger charge is 2.22. The molecule has 0 aliphatic carbocycles. The molecule has 0 aliphatic rings. The number of aryl methyl sites for hydroxylation is 1. The van der Waals surface area contributed by atoms with E-state index >= 15 is 0 Å². The van der Waals surface area contributed by atoms with Gasteiger partial charge in [0.2, 0.25) is 0 Å². The molecule has 2 amide bonds. The number of anilines is 1. The molecule has 2 aromatic rings. The fourth-order valence-electron chi connectivity index (χ4n) is 2.50. The van der Waals surface area contributed by atoms with Crippen LogP contribution >= 0.6 is 0 Å². The first-order chi connectivity index (χ1) is 13.0. The van der Waals surface area contributed by atoms with E-state index in [2.05, 4.69) is 10.6 Å². The molecule has 6 heteroatoms. The maximum Gasteiger partial charge on any atom is 0.328 e. The monoisotopic (exact) mass is 368 g/mol. The highest BCUT2D eigenvalue weighted by molar-refractivity contribution is 6.09. The number of benzene rings is 2. The van der Waals surface area contributed by atoms with E-state index in [0.717, 1.165) is 5.56 Å². The molecule has 2 N–H and O–H groups in total. The Morgan fingerprint density at radius 1 is 0.963 bits per heavy atom. The van der Waals surface area contributed by atoms with Gasteiger partial charge in [0.15, 0.2) is 0 Å². The summed E-state index contributed by atoms with van der Waals surface area (Å²) in [4.78, 5) is 37.0. The lowest BCUT2D eigenvalue weighted by atomic mass is 10.1. The van der Waals surface area contributed by atoms with Gasteiger partial charge in [-0.05, 0) is 44.5 Å². The second kappa shape index (κ2) is 9.52. The summed E-state index contributed by atoms with van der Waals surface area (Å²) < 4.78 is 4.97. The molecule has 0 unspecified atom stereocenters. The second-order valence-electron chi connectivity index (χ2n) is 6.05. The normalized spacial score (nSPS) is 11.4. The van der Waals surface area contributed by atoms with Crippen LogP contribution in [0.25, 0.3) is 0 Å². The number of carbonyl (C=O) groups excluding carboxylic acids is 3. The summed E-state index contributed by atoms with van der Waals surface area (Å²) in [5.74, 6) is -1.24. The summed E-state index contributed by atoms with van der Waals surface area (Å²) in [7, 11) is 0. The number of hydrogen-bond acceptors (Lipinski definition) is 4. The van der Waals surface area contributed by atoms with Gasteiger partial charge in [-0.1, -0.05) is 36.8 Å². The Morgan fingerprint density at radius 3 is 2.26 bits per heavy atom. The van der Waals surface area contributed by atoms with Gasteiger partial charge in [-0.25, -0.2) is 4.79 Å². The fraction of sp³-hybridized carbons (Fsp3) is 0.286. The third kappa shape index (κ3) is 5.41. The second-order valence-corrected chi connectivity index (χ2v) is 6.05. The molecular weight excluding hydrogens is 344 g/mol. The van der Waals surface area contributed by atoms with Crippen LogP contribution in [0.1, 0.15) is 46.5 Å². The van der Waals surface area contributed by atoms with Crippen molar-refractivity contribution in [1.82, 2.24) is 5.32 Å². The molecule has 0 heterocycles. The molecule has 0 spiro atoms. The molecule has 2 aromatic carbocycles.